The Labute approximate surface area is 95.3 Å². The maximum absolute atomic E-state index is 10.4. The standard InChI is InChI=1S/C11H19NO4/c1-8-9(3-4-15-8)12-6-11(2,7-12)16-5-10(13)14/h8-9H,3-7H2,1-2H3,(H,13,14). The van der Waals surface area contributed by atoms with Gasteiger partial charge in [0.1, 0.15) is 6.61 Å². The highest BCUT2D eigenvalue weighted by atomic mass is 16.5. The molecule has 92 valence electrons. The van der Waals surface area contributed by atoms with Gasteiger partial charge in [-0.1, -0.05) is 0 Å². The molecule has 0 amide bonds. The van der Waals surface area contributed by atoms with Gasteiger partial charge < -0.3 is 14.6 Å². The first-order valence-electron chi connectivity index (χ1n) is 5.72. The lowest BCUT2D eigenvalue weighted by Crippen LogP contribution is -2.65. The number of likely N-dealkylation sites (tertiary alicyclic amines) is 1. The van der Waals surface area contributed by atoms with Crippen LogP contribution in [0.4, 0.5) is 0 Å². The molecule has 0 aromatic heterocycles. The predicted octanol–water partition coefficient (Wildman–Crippen LogP) is 0.339. The van der Waals surface area contributed by atoms with Gasteiger partial charge in [0.25, 0.3) is 0 Å². The molecule has 2 fully saturated rings. The maximum Gasteiger partial charge on any atom is 0.329 e. The molecule has 5 heteroatoms. The van der Waals surface area contributed by atoms with Crippen LogP contribution in [0.15, 0.2) is 0 Å². The van der Waals surface area contributed by atoms with E-state index >= 15 is 0 Å². The summed E-state index contributed by atoms with van der Waals surface area (Å²) in [6.07, 6.45) is 1.35. The van der Waals surface area contributed by atoms with Gasteiger partial charge in [-0.05, 0) is 20.3 Å². The average Bonchev–Trinajstić information content (AvgIpc) is 2.57. The maximum atomic E-state index is 10.4. The fourth-order valence-electron chi connectivity index (χ4n) is 2.57. The highest BCUT2D eigenvalue weighted by molar-refractivity contribution is 5.68. The Morgan fingerprint density at radius 2 is 2.31 bits per heavy atom. The molecule has 0 spiro atoms. The van der Waals surface area contributed by atoms with Crippen LogP contribution in [0.3, 0.4) is 0 Å². The Kier molecular flexibility index (Phi) is 3.19. The minimum atomic E-state index is -0.905. The molecule has 0 bridgehead atoms. The minimum Gasteiger partial charge on any atom is -0.480 e. The van der Waals surface area contributed by atoms with Crippen molar-refractivity contribution in [2.45, 2.75) is 38.0 Å². The number of rotatable bonds is 4. The first-order valence-corrected chi connectivity index (χ1v) is 5.72. The predicted molar refractivity (Wildman–Crippen MR) is 57.4 cm³/mol. The van der Waals surface area contributed by atoms with Crippen LogP contribution in [0.2, 0.25) is 0 Å². The summed E-state index contributed by atoms with van der Waals surface area (Å²) < 4.78 is 10.9. The Hall–Kier alpha value is -0.650. The number of carboxylic acids is 1. The van der Waals surface area contributed by atoms with Gasteiger partial charge in [0.15, 0.2) is 0 Å². The number of ether oxygens (including phenoxy) is 2. The van der Waals surface area contributed by atoms with Crippen molar-refractivity contribution in [1.29, 1.82) is 0 Å². The van der Waals surface area contributed by atoms with Gasteiger partial charge in [-0.2, -0.15) is 0 Å². The van der Waals surface area contributed by atoms with Crippen molar-refractivity contribution in [3.8, 4) is 0 Å². The van der Waals surface area contributed by atoms with Crippen LogP contribution in [-0.4, -0.2) is 60.0 Å². The number of carboxylic acid groups (broad SMARTS) is 1. The molecule has 0 aromatic carbocycles. The van der Waals surface area contributed by atoms with E-state index in [4.69, 9.17) is 14.6 Å². The summed E-state index contributed by atoms with van der Waals surface area (Å²) in [7, 11) is 0. The number of hydrogen-bond donors (Lipinski definition) is 1. The zero-order valence-electron chi connectivity index (χ0n) is 9.81. The number of aliphatic carboxylic acids is 1. The largest absolute Gasteiger partial charge is 0.480 e. The molecule has 5 nitrogen and oxygen atoms in total. The smallest absolute Gasteiger partial charge is 0.329 e. The first kappa shape index (κ1) is 11.8. The molecule has 2 heterocycles. The monoisotopic (exact) mass is 229 g/mol. The molecular weight excluding hydrogens is 210 g/mol. The van der Waals surface area contributed by atoms with Gasteiger partial charge in [-0.25, -0.2) is 4.79 Å². The second kappa shape index (κ2) is 4.31. The molecule has 2 aliphatic heterocycles. The quantitative estimate of drug-likeness (QED) is 0.753. The fourth-order valence-corrected chi connectivity index (χ4v) is 2.57. The van der Waals surface area contributed by atoms with E-state index in [1.54, 1.807) is 0 Å². The van der Waals surface area contributed by atoms with Gasteiger partial charge in [0.05, 0.1) is 11.7 Å². The Balaban J connectivity index is 1.77. The topological polar surface area (TPSA) is 59.0 Å². The van der Waals surface area contributed by atoms with E-state index in [1.165, 1.54) is 0 Å². The number of hydrogen-bond acceptors (Lipinski definition) is 4. The SMILES string of the molecule is CC1OCCC1N1CC(C)(OCC(=O)O)C1. The fraction of sp³-hybridized carbons (Fsp3) is 0.909. The van der Waals surface area contributed by atoms with Crippen molar-refractivity contribution in [3.63, 3.8) is 0 Å². The highest BCUT2D eigenvalue weighted by Gasteiger charge is 2.45. The van der Waals surface area contributed by atoms with Crippen LogP contribution in [0.25, 0.3) is 0 Å². The Morgan fingerprint density at radius 1 is 1.62 bits per heavy atom. The van der Waals surface area contributed by atoms with Crippen molar-refractivity contribution in [2.75, 3.05) is 26.3 Å². The van der Waals surface area contributed by atoms with Crippen LogP contribution in [0, 0.1) is 0 Å². The molecule has 0 radical (unpaired) electrons. The highest BCUT2D eigenvalue weighted by Crippen LogP contribution is 2.31. The lowest BCUT2D eigenvalue weighted by Gasteiger charge is -2.50. The Bertz CT molecular complexity index is 275. The number of carbonyl (C=O) groups is 1. The van der Waals surface area contributed by atoms with E-state index < -0.39 is 5.97 Å². The molecule has 0 aromatic rings. The van der Waals surface area contributed by atoms with E-state index in [2.05, 4.69) is 11.8 Å². The molecule has 2 saturated heterocycles. The summed E-state index contributed by atoms with van der Waals surface area (Å²) in [5.41, 5.74) is -0.291. The summed E-state index contributed by atoms with van der Waals surface area (Å²) >= 11 is 0. The Morgan fingerprint density at radius 3 is 2.81 bits per heavy atom. The van der Waals surface area contributed by atoms with Crippen LogP contribution in [-0.2, 0) is 14.3 Å². The van der Waals surface area contributed by atoms with E-state index in [0.717, 1.165) is 26.1 Å². The van der Waals surface area contributed by atoms with Crippen LogP contribution >= 0.6 is 0 Å². The molecular formula is C11H19NO4. The third kappa shape index (κ3) is 2.36. The summed E-state index contributed by atoms with van der Waals surface area (Å²) in [6.45, 7) is 6.28. The van der Waals surface area contributed by atoms with Gasteiger partial charge in [-0.15, -0.1) is 0 Å². The normalized spacial score (nSPS) is 33.6. The van der Waals surface area contributed by atoms with Crippen molar-refractivity contribution < 1.29 is 19.4 Å². The summed E-state index contributed by atoms with van der Waals surface area (Å²) in [5.74, 6) is -0.905. The van der Waals surface area contributed by atoms with Gasteiger partial charge in [-0.3, -0.25) is 4.90 Å². The molecule has 1 N–H and O–H groups in total. The van der Waals surface area contributed by atoms with Crippen LogP contribution < -0.4 is 0 Å². The van der Waals surface area contributed by atoms with E-state index in [-0.39, 0.29) is 18.3 Å². The van der Waals surface area contributed by atoms with Crippen molar-refractivity contribution in [2.24, 2.45) is 0 Å². The van der Waals surface area contributed by atoms with Crippen molar-refractivity contribution >= 4 is 5.97 Å². The van der Waals surface area contributed by atoms with Gasteiger partial charge >= 0.3 is 5.97 Å². The van der Waals surface area contributed by atoms with Crippen molar-refractivity contribution in [3.05, 3.63) is 0 Å². The van der Waals surface area contributed by atoms with Gasteiger partial charge in [0, 0.05) is 25.7 Å². The van der Waals surface area contributed by atoms with Gasteiger partial charge in [0.2, 0.25) is 0 Å². The molecule has 2 aliphatic rings. The summed E-state index contributed by atoms with van der Waals surface area (Å²) in [4.78, 5) is 12.7. The lowest BCUT2D eigenvalue weighted by molar-refractivity contribution is -0.171. The zero-order chi connectivity index (χ0) is 11.8. The molecule has 0 aliphatic carbocycles. The third-order valence-corrected chi connectivity index (χ3v) is 3.42. The van der Waals surface area contributed by atoms with Crippen LogP contribution in [0.1, 0.15) is 20.3 Å². The molecule has 2 rings (SSSR count). The van der Waals surface area contributed by atoms with E-state index in [0.29, 0.717) is 6.04 Å². The second-order valence-electron chi connectivity index (χ2n) is 4.97. The lowest BCUT2D eigenvalue weighted by atomic mass is 9.92. The summed E-state index contributed by atoms with van der Waals surface area (Å²) in [5, 5.41) is 8.56. The zero-order valence-corrected chi connectivity index (χ0v) is 9.81. The molecule has 2 unspecified atom stereocenters. The molecule has 0 saturated carbocycles. The van der Waals surface area contributed by atoms with E-state index in [1.807, 2.05) is 6.92 Å². The second-order valence-corrected chi connectivity index (χ2v) is 4.97. The van der Waals surface area contributed by atoms with Crippen molar-refractivity contribution in [1.82, 2.24) is 4.90 Å². The number of nitrogens with zero attached hydrogens (tertiary/aromatic N) is 1. The molecule has 16 heavy (non-hydrogen) atoms. The summed E-state index contributed by atoms with van der Waals surface area (Å²) in [6, 6.07) is 0.474. The molecule has 2 atom stereocenters. The first-order chi connectivity index (χ1) is 7.50. The van der Waals surface area contributed by atoms with Crippen LogP contribution in [0.5, 0.6) is 0 Å². The minimum absolute atomic E-state index is 0.207. The average molecular weight is 229 g/mol. The van der Waals surface area contributed by atoms with E-state index in [9.17, 15) is 4.79 Å². The third-order valence-electron chi connectivity index (χ3n) is 3.42.